The molecule has 4 rings (SSSR count). The summed E-state index contributed by atoms with van der Waals surface area (Å²) in [5.74, 6) is -1.24. The zero-order valence-corrected chi connectivity index (χ0v) is 12.6. The average Bonchev–Trinajstić information content (AvgIpc) is 2.99. The lowest BCUT2D eigenvalue weighted by atomic mass is 10.1. The van der Waals surface area contributed by atoms with Gasteiger partial charge in [0.15, 0.2) is 0 Å². The highest BCUT2D eigenvalue weighted by atomic mass is 32.1. The van der Waals surface area contributed by atoms with Crippen molar-refractivity contribution in [1.82, 2.24) is 9.38 Å². The Morgan fingerprint density at radius 1 is 1.13 bits per heavy atom. The molecule has 23 heavy (non-hydrogen) atoms. The number of fused-ring (bicyclic) bond motifs is 2. The van der Waals surface area contributed by atoms with Crippen LogP contribution in [0.5, 0.6) is 0 Å². The fourth-order valence-electron chi connectivity index (χ4n) is 2.56. The number of carbonyl (C=O) groups is 1. The van der Waals surface area contributed by atoms with Gasteiger partial charge in [-0.1, -0.05) is 18.2 Å². The van der Waals surface area contributed by atoms with Crippen LogP contribution in [0.4, 0.5) is 0 Å². The van der Waals surface area contributed by atoms with Crippen molar-refractivity contribution in [3.05, 3.63) is 70.6 Å². The van der Waals surface area contributed by atoms with Gasteiger partial charge >= 0.3 is 5.97 Å². The van der Waals surface area contributed by atoms with E-state index in [9.17, 15) is 14.7 Å². The van der Waals surface area contributed by atoms with E-state index in [1.165, 1.54) is 21.8 Å². The molecule has 0 bridgehead atoms. The Balaban J connectivity index is 2.11. The van der Waals surface area contributed by atoms with Crippen molar-refractivity contribution in [2.24, 2.45) is 0 Å². The van der Waals surface area contributed by atoms with Crippen molar-refractivity contribution in [3.8, 4) is 10.6 Å². The number of pyridine rings is 2. The fraction of sp³-hybridized carbons (Fsp3) is 0. The number of para-hydroxylation sites is 1. The van der Waals surface area contributed by atoms with Gasteiger partial charge in [0, 0.05) is 11.8 Å². The van der Waals surface area contributed by atoms with E-state index in [2.05, 4.69) is 4.98 Å². The van der Waals surface area contributed by atoms with Crippen LogP contribution < -0.4 is 5.56 Å². The normalized spacial score (nSPS) is 11.1. The minimum Gasteiger partial charge on any atom is -0.477 e. The topological polar surface area (TPSA) is 71.7 Å². The molecule has 0 fully saturated rings. The molecular formula is C17H10N2O3S. The SMILES string of the molecule is O=C(O)c1cc(-c2nc3ccccc3s2)c2ccccn2c1=O. The molecule has 6 heteroatoms. The molecular weight excluding hydrogens is 312 g/mol. The number of benzene rings is 1. The molecule has 3 aromatic heterocycles. The van der Waals surface area contributed by atoms with Crippen LogP contribution in [0, 0.1) is 0 Å². The van der Waals surface area contributed by atoms with Crippen LogP contribution in [0.2, 0.25) is 0 Å². The van der Waals surface area contributed by atoms with Gasteiger partial charge in [0.2, 0.25) is 0 Å². The Morgan fingerprint density at radius 3 is 2.70 bits per heavy atom. The second kappa shape index (κ2) is 5.03. The summed E-state index contributed by atoms with van der Waals surface area (Å²) in [4.78, 5) is 28.3. The van der Waals surface area contributed by atoms with Crippen molar-refractivity contribution in [3.63, 3.8) is 0 Å². The number of thiazole rings is 1. The Hall–Kier alpha value is -2.99. The number of hydrogen-bond acceptors (Lipinski definition) is 4. The van der Waals surface area contributed by atoms with Crippen molar-refractivity contribution in [2.75, 3.05) is 0 Å². The van der Waals surface area contributed by atoms with Crippen LogP contribution in [-0.2, 0) is 0 Å². The smallest absolute Gasteiger partial charge is 0.341 e. The van der Waals surface area contributed by atoms with E-state index in [4.69, 9.17) is 0 Å². The minimum absolute atomic E-state index is 0.261. The van der Waals surface area contributed by atoms with Gasteiger partial charge in [-0.3, -0.25) is 9.20 Å². The highest BCUT2D eigenvalue weighted by Gasteiger charge is 2.17. The third-order valence-electron chi connectivity index (χ3n) is 3.63. The first-order chi connectivity index (χ1) is 11.1. The molecule has 112 valence electrons. The van der Waals surface area contributed by atoms with E-state index in [1.807, 2.05) is 30.3 Å². The number of hydrogen-bond donors (Lipinski definition) is 1. The quantitative estimate of drug-likeness (QED) is 0.615. The molecule has 5 nitrogen and oxygen atoms in total. The zero-order valence-electron chi connectivity index (χ0n) is 11.8. The second-order valence-corrected chi connectivity index (χ2v) is 6.06. The number of nitrogens with zero attached hydrogens (tertiary/aromatic N) is 2. The summed E-state index contributed by atoms with van der Waals surface area (Å²) in [7, 11) is 0. The first kappa shape index (κ1) is 13.7. The van der Waals surface area contributed by atoms with E-state index in [-0.39, 0.29) is 5.56 Å². The molecule has 0 amide bonds. The van der Waals surface area contributed by atoms with Gasteiger partial charge < -0.3 is 5.11 Å². The summed E-state index contributed by atoms with van der Waals surface area (Å²) in [5, 5.41) is 10.00. The second-order valence-electron chi connectivity index (χ2n) is 5.02. The maximum absolute atomic E-state index is 12.3. The highest BCUT2D eigenvalue weighted by Crippen LogP contribution is 2.32. The van der Waals surface area contributed by atoms with Crippen LogP contribution >= 0.6 is 11.3 Å². The predicted molar refractivity (Wildman–Crippen MR) is 89.2 cm³/mol. The number of aromatic nitrogens is 2. The number of carboxylic acids is 1. The van der Waals surface area contributed by atoms with E-state index >= 15 is 0 Å². The van der Waals surface area contributed by atoms with Crippen molar-refractivity contribution < 1.29 is 9.90 Å². The van der Waals surface area contributed by atoms with Crippen molar-refractivity contribution in [1.29, 1.82) is 0 Å². The van der Waals surface area contributed by atoms with Crippen LogP contribution in [0.3, 0.4) is 0 Å². The van der Waals surface area contributed by atoms with Gasteiger partial charge in [0.25, 0.3) is 5.56 Å². The van der Waals surface area contributed by atoms with Gasteiger partial charge in [-0.2, -0.15) is 0 Å². The molecule has 0 radical (unpaired) electrons. The van der Waals surface area contributed by atoms with Crippen molar-refractivity contribution in [2.45, 2.75) is 0 Å². The van der Waals surface area contributed by atoms with E-state index in [1.54, 1.807) is 18.3 Å². The molecule has 0 atom stereocenters. The van der Waals surface area contributed by atoms with Crippen molar-refractivity contribution >= 4 is 33.0 Å². The van der Waals surface area contributed by atoms with Gasteiger partial charge in [-0.15, -0.1) is 11.3 Å². The van der Waals surface area contributed by atoms with Crippen LogP contribution in [0.25, 0.3) is 26.3 Å². The summed E-state index contributed by atoms with van der Waals surface area (Å²) in [6.45, 7) is 0. The Bertz CT molecular complexity index is 1090. The van der Waals surface area contributed by atoms with E-state index in [0.717, 1.165) is 10.2 Å². The highest BCUT2D eigenvalue weighted by molar-refractivity contribution is 7.21. The molecule has 0 aliphatic heterocycles. The van der Waals surface area contributed by atoms with E-state index in [0.29, 0.717) is 16.1 Å². The molecule has 1 N–H and O–H groups in total. The summed E-state index contributed by atoms with van der Waals surface area (Å²) < 4.78 is 2.37. The Morgan fingerprint density at radius 2 is 1.91 bits per heavy atom. The summed E-state index contributed by atoms with van der Waals surface area (Å²) >= 11 is 1.47. The Kier molecular flexibility index (Phi) is 2.99. The molecule has 0 saturated heterocycles. The molecule has 0 aliphatic rings. The zero-order chi connectivity index (χ0) is 16.0. The minimum atomic E-state index is -1.24. The first-order valence-corrected chi connectivity index (χ1v) is 7.70. The van der Waals surface area contributed by atoms with E-state index < -0.39 is 11.5 Å². The number of carboxylic acid groups (broad SMARTS) is 1. The number of aromatic carboxylic acids is 1. The molecule has 3 heterocycles. The van der Waals surface area contributed by atoms with Gasteiger partial charge in [-0.25, -0.2) is 9.78 Å². The van der Waals surface area contributed by atoms with Crippen LogP contribution in [0.15, 0.2) is 59.5 Å². The average molecular weight is 322 g/mol. The van der Waals surface area contributed by atoms with Gasteiger partial charge in [-0.05, 0) is 30.3 Å². The lowest BCUT2D eigenvalue weighted by Crippen LogP contribution is -2.22. The third-order valence-corrected chi connectivity index (χ3v) is 4.70. The maximum atomic E-state index is 12.3. The Labute approximate surface area is 134 Å². The summed E-state index contributed by atoms with van der Waals surface area (Å²) in [6, 6.07) is 14.4. The molecule has 0 spiro atoms. The summed E-state index contributed by atoms with van der Waals surface area (Å²) in [5.41, 5.74) is 1.33. The summed E-state index contributed by atoms with van der Waals surface area (Å²) in [6.07, 6.45) is 1.57. The largest absolute Gasteiger partial charge is 0.477 e. The van der Waals surface area contributed by atoms with Crippen LogP contribution in [-0.4, -0.2) is 20.5 Å². The predicted octanol–water partition coefficient (Wildman–Crippen LogP) is 3.27. The number of rotatable bonds is 2. The molecule has 1 aromatic carbocycles. The lowest BCUT2D eigenvalue weighted by Gasteiger charge is -2.07. The monoisotopic (exact) mass is 322 g/mol. The first-order valence-electron chi connectivity index (χ1n) is 6.89. The maximum Gasteiger partial charge on any atom is 0.341 e. The lowest BCUT2D eigenvalue weighted by molar-refractivity contribution is 0.0695. The molecule has 4 aromatic rings. The third kappa shape index (κ3) is 2.11. The van der Waals surface area contributed by atoms with Crippen LogP contribution in [0.1, 0.15) is 10.4 Å². The van der Waals surface area contributed by atoms with Gasteiger partial charge in [0.1, 0.15) is 10.6 Å². The van der Waals surface area contributed by atoms with Gasteiger partial charge in [0.05, 0.1) is 15.7 Å². The fourth-order valence-corrected chi connectivity index (χ4v) is 3.55. The molecule has 0 unspecified atom stereocenters. The molecule has 0 saturated carbocycles. The standard InChI is InChI=1S/C17H10N2O3S/c20-16-11(17(21)22)9-10(13-6-3-4-8-19(13)16)15-18-12-5-1-2-7-14(12)23-15/h1-9H,(H,21,22). The molecule has 0 aliphatic carbocycles.